The number of alkyl halides is 3. The number of halogens is 3. The molecule has 1 aromatic carbocycles. The van der Waals surface area contributed by atoms with Crippen LogP contribution in [0.3, 0.4) is 0 Å². The van der Waals surface area contributed by atoms with Gasteiger partial charge in [0.05, 0.1) is 11.1 Å². The lowest BCUT2D eigenvalue weighted by Gasteiger charge is -2.38. The Kier molecular flexibility index (Phi) is 6.22. The Morgan fingerprint density at radius 1 is 1.00 bits per heavy atom. The topological polar surface area (TPSA) is 32.3 Å². The minimum atomic E-state index is -4.52. The molecule has 2 fully saturated rings. The molecule has 6 heteroatoms. The second-order valence-electron chi connectivity index (χ2n) is 7.50. The molecule has 1 N–H and O–H groups in total. The van der Waals surface area contributed by atoms with E-state index in [2.05, 4.69) is 10.2 Å². The molecule has 1 aliphatic heterocycles. The van der Waals surface area contributed by atoms with Gasteiger partial charge in [0.1, 0.15) is 0 Å². The fourth-order valence-electron chi connectivity index (χ4n) is 4.27. The molecule has 0 bridgehead atoms. The molecule has 0 spiro atoms. The van der Waals surface area contributed by atoms with Crippen LogP contribution >= 0.6 is 0 Å². The zero-order chi connectivity index (χ0) is 18.6. The number of nitrogens with zero attached hydrogens (tertiary/aromatic N) is 1. The summed E-state index contributed by atoms with van der Waals surface area (Å²) in [7, 11) is 0. The number of carbonyl (C=O) groups excluding carboxylic acids is 1. The molecule has 0 radical (unpaired) electrons. The largest absolute Gasteiger partial charge is 0.417 e. The number of benzene rings is 1. The Labute approximate surface area is 152 Å². The molecule has 2 aliphatic rings. The average Bonchev–Trinajstić information content (AvgIpc) is 2.91. The highest BCUT2D eigenvalue weighted by molar-refractivity contribution is 5.96. The number of hydrogen-bond donors (Lipinski definition) is 1. The van der Waals surface area contributed by atoms with Crippen molar-refractivity contribution in [1.29, 1.82) is 0 Å². The van der Waals surface area contributed by atoms with E-state index in [-0.39, 0.29) is 11.6 Å². The molecule has 1 saturated carbocycles. The summed E-state index contributed by atoms with van der Waals surface area (Å²) >= 11 is 0. The number of likely N-dealkylation sites (tertiary alicyclic amines) is 1. The van der Waals surface area contributed by atoms with Crippen LogP contribution in [-0.2, 0) is 6.18 Å². The zero-order valence-corrected chi connectivity index (χ0v) is 15.0. The van der Waals surface area contributed by atoms with Gasteiger partial charge in [-0.3, -0.25) is 9.69 Å². The van der Waals surface area contributed by atoms with E-state index in [4.69, 9.17) is 0 Å². The van der Waals surface area contributed by atoms with Crippen molar-refractivity contribution in [1.82, 2.24) is 10.2 Å². The van der Waals surface area contributed by atoms with Crippen LogP contribution in [0.2, 0.25) is 0 Å². The van der Waals surface area contributed by atoms with Crippen molar-refractivity contribution >= 4 is 5.91 Å². The smallest absolute Gasteiger partial charge is 0.348 e. The highest BCUT2D eigenvalue weighted by atomic mass is 19.4. The first kappa shape index (κ1) is 19.2. The van der Waals surface area contributed by atoms with Crippen molar-refractivity contribution < 1.29 is 18.0 Å². The first-order chi connectivity index (χ1) is 12.4. The van der Waals surface area contributed by atoms with Crippen LogP contribution in [0.1, 0.15) is 67.3 Å². The summed E-state index contributed by atoms with van der Waals surface area (Å²) in [6.07, 6.45) is 4.74. The van der Waals surface area contributed by atoms with Crippen LogP contribution in [0.5, 0.6) is 0 Å². The van der Waals surface area contributed by atoms with E-state index in [9.17, 15) is 18.0 Å². The van der Waals surface area contributed by atoms with Gasteiger partial charge in [0.2, 0.25) is 0 Å². The highest BCUT2D eigenvalue weighted by Crippen LogP contribution is 2.32. The summed E-state index contributed by atoms with van der Waals surface area (Å²) in [5, 5.41) is 2.85. The van der Waals surface area contributed by atoms with E-state index in [0.717, 1.165) is 32.0 Å². The summed E-state index contributed by atoms with van der Waals surface area (Å²) in [5.41, 5.74) is -1.15. The molecule has 1 atom stereocenters. The van der Waals surface area contributed by atoms with Crippen molar-refractivity contribution in [2.75, 3.05) is 13.1 Å². The monoisotopic (exact) mass is 368 g/mol. The SMILES string of the molecule is O=C(N[C@H]1CCCN(C2CCCCCC2)C1)c1ccccc1C(F)(F)F. The molecular formula is C20H27F3N2O. The first-order valence-electron chi connectivity index (χ1n) is 9.66. The van der Waals surface area contributed by atoms with Crippen LogP contribution in [0.4, 0.5) is 13.2 Å². The third-order valence-electron chi connectivity index (χ3n) is 5.61. The van der Waals surface area contributed by atoms with E-state index < -0.39 is 17.6 Å². The van der Waals surface area contributed by atoms with Crippen LogP contribution in [-0.4, -0.2) is 36.0 Å². The molecule has 1 aliphatic carbocycles. The van der Waals surface area contributed by atoms with Crippen molar-refractivity contribution in [2.24, 2.45) is 0 Å². The zero-order valence-electron chi connectivity index (χ0n) is 15.0. The predicted molar refractivity (Wildman–Crippen MR) is 95.0 cm³/mol. The maximum atomic E-state index is 13.1. The standard InChI is InChI=1S/C20H27F3N2O/c21-20(22,23)18-12-6-5-11-17(18)19(26)24-15-8-7-13-25(14-15)16-9-3-1-2-4-10-16/h5-6,11-12,15-16H,1-4,7-10,13-14H2,(H,24,26)/t15-/m0/s1. The number of carbonyl (C=O) groups is 1. The third kappa shape index (κ3) is 4.78. The van der Waals surface area contributed by atoms with Crippen molar-refractivity contribution in [3.63, 3.8) is 0 Å². The Hall–Kier alpha value is -1.56. The van der Waals surface area contributed by atoms with Crippen molar-refractivity contribution in [2.45, 2.75) is 69.6 Å². The highest BCUT2D eigenvalue weighted by Gasteiger charge is 2.35. The summed E-state index contributed by atoms with van der Waals surface area (Å²) in [4.78, 5) is 14.9. The van der Waals surface area contributed by atoms with Crippen molar-refractivity contribution in [3.05, 3.63) is 35.4 Å². The maximum Gasteiger partial charge on any atom is 0.417 e. The summed E-state index contributed by atoms with van der Waals surface area (Å²) < 4.78 is 39.4. The van der Waals surface area contributed by atoms with Crippen LogP contribution in [0.25, 0.3) is 0 Å². The van der Waals surface area contributed by atoms with Gasteiger partial charge in [-0.05, 0) is 44.4 Å². The number of nitrogens with one attached hydrogen (secondary N) is 1. The van der Waals surface area contributed by atoms with E-state index >= 15 is 0 Å². The van der Waals surface area contributed by atoms with E-state index in [1.807, 2.05) is 0 Å². The molecule has 3 nitrogen and oxygen atoms in total. The Bertz CT molecular complexity index is 609. The molecule has 1 amide bonds. The van der Waals surface area contributed by atoms with Gasteiger partial charge >= 0.3 is 6.18 Å². The number of amides is 1. The van der Waals surface area contributed by atoms with Gasteiger partial charge in [-0.2, -0.15) is 13.2 Å². The quantitative estimate of drug-likeness (QED) is 0.790. The molecule has 1 aromatic rings. The summed E-state index contributed by atoms with van der Waals surface area (Å²) in [5.74, 6) is -0.620. The molecule has 0 aromatic heterocycles. The minimum Gasteiger partial charge on any atom is -0.348 e. The van der Waals surface area contributed by atoms with Gasteiger partial charge in [0.25, 0.3) is 5.91 Å². The molecule has 1 heterocycles. The fourth-order valence-corrected chi connectivity index (χ4v) is 4.27. The lowest BCUT2D eigenvalue weighted by molar-refractivity contribution is -0.137. The van der Waals surface area contributed by atoms with Crippen molar-refractivity contribution in [3.8, 4) is 0 Å². The summed E-state index contributed by atoms with van der Waals surface area (Å²) in [6.45, 7) is 1.76. The Balaban J connectivity index is 1.64. The molecule has 144 valence electrons. The molecule has 26 heavy (non-hydrogen) atoms. The predicted octanol–water partition coefficient (Wildman–Crippen LogP) is 4.62. The number of rotatable bonds is 3. The van der Waals surface area contributed by atoms with E-state index in [1.165, 1.54) is 56.7 Å². The molecule has 0 unspecified atom stereocenters. The van der Waals surface area contributed by atoms with Gasteiger partial charge in [-0.15, -0.1) is 0 Å². The fraction of sp³-hybridized carbons (Fsp3) is 0.650. The van der Waals surface area contributed by atoms with Gasteiger partial charge in [0, 0.05) is 18.6 Å². The molecule has 1 saturated heterocycles. The van der Waals surface area contributed by atoms with E-state index in [0.29, 0.717) is 6.04 Å². The van der Waals surface area contributed by atoms with Crippen LogP contribution in [0.15, 0.2) is 24.3 Å². The first-order valence-corrected chi connectivity index (χ1v) is 9.66. The number of piperidine rings is 1. The van der Waals surface area contributed by atoms with Gasteiger partial charge in [0.15, 0.2) is 0 Å². The Morgan fingerprint density at radius 2 is 1.69 bits per heavy atom. The number of hydrogen-bond acceptors (Lipinski definition) is 2. The third-order valence-corrected chi connectivity index (χ3v) is 5.61. The second kappa shape index (κ2) is 8.42. The maximum absolute atomic E-state index is 13.1. The Morgan fingerprint density at radius 3 is 2.38 bits per heavy atom. The summed E-state index contributed by atoms with van der Waals surface area (Å²) in [6, 6.07) is 5.48. The molecular weight excluding hydrogens is 341 g/mol. The van der Waals surface area contributed by atoms with Gasteiger partial charge in [-0.25, -0.2) is 0 Å². The molecule has 3 rings (SSSR count). The average molecular weight is 368 g/mol. The lowest BCUT2D eigenvalue weighted by atomic mass is 9.99. The van der Waals surface area contributed by atoms with Gasteiger partial charge < -0.3 is 5.32 Å². The van der Waals surface area contributed by atoms with Crippen LogP contribution in [0, 0.1) is 0 Å². The van der Waals surface area contributed by atoms with E-state index in [1.54, 1.807) is 0 Å². The van der Waals surface area contributed by atoms with Crippen LogP contribution < -0.4 is 5.32 Å². The lowest BCUT2D eigenvalue weighted by Crippen LogP contribution is -2.51. The second-order valence-corrected chi connectivity index (χ2v) is 7.50. The normalized spacial score (nSPS) is 23.4. The van der Waals surface area contributed by atoms with Gasteiger partial charge in [-0.1, -0.05) is 37.8 Å². The minimum absolute atomic E-state index is 0.0826.